The van der Waals surface area contributed by atoms with Gasteiger partial charge in [0.1, 0.15) is 17.3 Å². The first-order chi connectivity index (χ1) is 12.6. The second-order valence-corrected chi connectivity index (χ2v) is 5.65. The molecule has 6 heteroatoms. The van der Waals surface area contributed by atoms with Crippen LogP contribution in [0.1, 0.15) is 34.3 Å². The minimum Gasteiger partial charge on any atom is -0.428 e. The van der Waals surface area contributed by atoms with Gasteiger partial charge in [0.15, 0.2) is 6.29 Å². The Hall–Kier alpha value is -3.46. The first-order valence-corrected chi connectivity index (χ1v) is 8.11. The molecule has 0 amide bonds. The van der Waals surface area contributed by atoms with E-state index in [1.165, 1.54) is 12.1 Å². The van der Waals surface area contributed by atoms with Crippen molar-refractivity contribution in [2.24, 2.45) is 0 Å². The third-order valence-electron chi connectivity index (χ3n) is 3.92. The van der Waals surface area contributed by atoms with Crippen LogP contribution in [0.15, 0.2) is 52.9 Å². The first kappa shape index (κ1) is 17.4. The third kappa shape index (κ3) is 3.62. The summed E-state index contributed by atoms with van der Waals surface area (Å²) in [5.41, 5.74) is 2.21. The second-order valence-electron chi connectivity index (χ2n) is 5.65. The normalized spacial score (nSPS) is 10.3. The maximum atomic E-state index is 13.6. The molecule has 0 spiro atoms. The number of aldehydes is 1. The van der Waals surface area contributed by atoms with Crippen LogP contribution in [-0.4, -0.2) is 11.3 Å². The summed E-state index contributed by atoms with van der Waals surface area (Å²) in [5, 5.41) is 8.98. The molecule has 5 nitrogen and oxygen atoms in total. The monoisotopic (exact) mass is 349 g/mol. The van der Waals surface area contributed by atoms with Gasteiger partial charge in [0.25, 0.3) is 0 Å². The largest absolute Gasteiger partial charge is 0.428 e. The van der Waals surface area contributed by atoms with Gasteiger partial charge < -0.3 is 4.42 Å². The van der Waals surface area contributed by atoms with Crippen molar-refractivity contribution in [1.82, 2.24) is 4.98 Å². The van der Waals surface area contributed by atoms with E-state index < -0.39 is 0 Å². The number of anilines is 2. The highest BCUT2D eigenvalue weighted by molar-refractivity contribution is 5.74. The van der Waals surface area contributed by atoms with Crippen molar-refractivity contribution in [3.05, 3.63) is 76.9 Å². The van der Waals surface area contributed by atoms with Crippen molar-refractivity contribution in [3.8, 4) is 6.07 Å². The molecule has 0 fully saturated rings. The molecule has 1 aromatic heterocycles. The summed E-state index contributed by atoms with van der Waals surface area (Å²) in [4.78, 5) is 17.2. The van der Waals surface area contributed by atoms with Gasteiger partial charge >= 0.3 is 6.01 Å². The molecular weight excluding hydrogens is 333 g/mol. The number of aromatic nitrogens is 1. The van der Waals surface area contributed by atoms with Gasteiger partial charge in [0, 0.05) is 12.1 Å². The molecule has 1 heterocycles. The number of oxazole rings is 1. The third-order valence-corrected chi connectivity index (χ3v) is 3.92. The van der Waals surface area contributed by atoms with E-state index in [-0.39, 0.29) is 17.5 Å². The number of halogens is 1. The van der Waals surface area contributed by atoms with Crippen LogP contribution in [-0.2, 0) is 13.0 Å². The Kier molecular flexibility index (Phi) is 5.09. The fourth-order valence-corrected chi connectivity index (χ4v) is 2.61. The SMILES string of the molecule is CCc1oc(N(Cc2cccc(F)c2)c2ccc(C#N)cc2)nc1C=O. The minimum absolute atomic E-state index is 0.248. The number of hydrogen-bond donors (Lipinski definition) is 0. The van der Waals surface area contributed by atoms with Crippen molar-refractivity contribution in [3.63, 3.8) is 0 Å². The predicted octanol–water partition coefficient (Wildman–Crippen LogP) is 4.40. The summed E-state index contributed by atoms with van der Waals surface area (Å²) in [6, 6.07) is 15.4. The number of carbonyl (C=O) groups excluding carboxylic acids is 1. The van der Waals surface area contributed by atoms with E-state index in [1.54, 1.807) is 41.3 Å². The van der Waals surface area contributed by atoms with Gasteiger partial charge in [-0.2, -0.15) is 10.2 Å². The van der Waals surface area contributed by atoms with Crippen LogP contribution in [0.2, 0.25) is 0 Å². The number of nitrogens with zero attached hydrogens (tertiary/aromatic N) is 3. The molecule has 26 heavy (non-hydrogen) atoms. The van der Waals surface area contributed by atoms with Crippen molar-refractivity contribution in [2.75, 3.05) is 4.90 Å². The lowest BCUT2D eigenvalue weighted by Gasteiger charge is -2.21. The van der Waals surface area contributed by atoms with Gasteiger partial charge in [-0.3, -0.25) is 9.69 Å². The topological polar surface area (TPSA) is 70.1 Å². The summed E-state index contributed by atoms with van der Waals surface area (Å²) < 4.78 is 19.3. The molecule has 0 bridgehead atoms. The van der Waals surface area contributed by atoms with Crippen molar-refractivity contribution < 1.29 is 13.6 Å². The highest BCUT2D eigenvalue weighted by atomic mass is 19.1. The highest BCUT2D eigenvalue weighted by Gasteiger charge is 2.19. The van der Waals surface area contributed by atoms with Crippen LogP contribution in [0.4, 0.5) is 16.1 Å². The molecule has 0 saturated heterocycles. The van der Waals surface area contributed by atoms with Crippen LogP contribution in [0, 0.1) is 17.1 Å². The summed E-state index contributed by atoms with van der Waals surface area (Å²) >= 11 is 0. The number of rotatable bonds is 6. The predicted molar refractivity (Wildman–Crippen MR) is 94.7 cm³/mol. The molecule has 0 aliphatic heterocycles. The molecule has 0 atom stereocenters. The van der Waals surface area contributed by atoms with Gasteiger partial charge in [-0.15, -0.1) is 0 Å². The summed E-state index contributed by atoms with van der Waals surface area (Å²) in [6.45, 7) is 2.17. The lowest BCUT2D eigenvalue weighted by molar-refractivity contribution is 0.111. The van der Waals surface area contributed by atoms with Crippen molar-refractivity contribution in [2.45, 2.75) is 19.9 Å². The van der Waals surface area contributed by atoms with Gasteiger partial charge in [0.05, 0.1) is 18.2 Å². The lowest BCUT2D eigenvalue weighted by Crippen LogP contribution is -2.17. The maximum Gasteiger partial charge on any atom is 0.303 e. The Morgan fingerprint density at radius 2 is 2.04 bits per heavy atom. The van der Waals surface area contributed by atoms with E-state index in [1.807, 2.05) is 6.92 Å². The Labute approximate surface area is 150 Å². The average Bonchev–Trinajstić information content (AvgIpc) is 3.09. The number of benzene rings is 2. The highest BCUT2D eigenvalue weighted by Crippen LogP contribution is 2.29. The van der Waals surface area contributed by atoms with Crippen molar-refractivity contribution >= 4 is 18.0 Å². The maximum absolute atomic E-state index is 13.6. The van der Waals surface area contributed by atoms with Crippen LogP contribution in [0.5, 0.6) is 0 Å². The van der Waals surface area contributed by atoms with E-state index in [9.17, 15) is 9.18 Å². The zero-order valence-electron chi connectivity index (χ0n) is 14.1. The second kappa shape index (κ2) is 7.62. The quantitative estimate of drug-likeness (QED) is 0.617. The number of aryl methyl sites for hydroxylation is 1. The smallest absolute Gasteiger partial charge is 0.303 e. The Morgan fingerprint density at radius 1 is 1.27 bits per heavy atom. The molecule has 0 saturated carbocycles. The molecule has 130 valence electrons. The Bertz CT molecular complexity index is 958. The van der Waals surface area contributed by atoms with E-state index in [0.717, 1.165) is 11.3 Å². The van der Waals surface area contributed by atoms with Crippen molar-refractivity contribution in [1.29, 1.82) is 5.26 Å². The number of carbonyl (C=O) groups is 1. The van der Waals surface area contributed by atoms with Crippen LogP contribution in [0.25, 0.3) is 0 Å². The number of hydrogen-bond acceptors (Lipinski definition) is 5. The fraction of sp³-hybridized carbons (Fsp3) is 0.150. The molecule has 3 rings (SSSR count). The van der Waals surface area contributed by atoms with E-state index >= 15 is 0 Å². The van der Waals surface area contributed by atoms with E-state index in [0.29, 0.717) is 30.6 Å². The summed E-state index contributed by atoms with van der Waals surface area (Å²) in [7, 11) is 0. The minimum atomic E-state index is -0.336. The standard InChI is InChI=1S/C20H16FN3O2/c1-2-19-18(13-25)23-20(26-19)24(12-15-4-3-5-16(21)10-15)17-8-6-14(11-22)7-9-17/h3-10,13H,2,12H2,1H3. The molecule has 0 aliphatic rings. The Morgan fingerprint density at radius 3 is 2.62 bits per heavy atom. The molecule has 2 aromatic carbocycles. The molecule has 0 unspecified atom stereocenters. The molecular formula is C20H16FN3O2. The molecule has 0 aliphatic carbocycles. The summed E-state index contributed by atoms with van der Waals surface area (Å²) in [5.74, 6) is 0.158. The van der Waals surface area contributed by atoms with Gasteiger partial charge in [-0.25, -0.2) is 4.39 Å². The van der Waals surface area contributed by atoms with E-state index in [4.69, 9.17) is 9.68 Å². The summed E-state index contributed by atoms with van der Waals surface area (Å²) in [6.07, 6.45) is 1.19. The van der Waals surface area contributed by atoms with Gasteiger partial charge in [-0.05, 0) is 42.0 Å². The van der Waals surface area contributed by atoms with Gasteiger partial charge in [-0.1, -0.05) is 19.1 Å². The molecule has 0 radical (unpaired) electrons. The lowest BCUT2D eigenvalue weighted by atomic mass is 10.1. The van der Waals surface area contributed by atoms with Crippen LogP contribution in [0.3, 0.4) is 0 Å². The van der Waals surface area contributed by atoms with Crippen LogP contribution < -0.4 is 4.90 Å². The van der Waals surface area contributed by atoms with E-state index in [2.05, 4.69) is 11.1 Å². The first-order valence-electron chi connectivity index (χ1n) is 8.11. The fourth-order valence-electron chi connectivity index (χ4n) is 2.61. The number of nitriles is 1. The average molecular weight is 349 g/mol. The molecule has 0 N–H and O–H groups in total. The van der Waals surface area contributed by atoms with Gasteiger partial charge in [0.2, 0.25) is 0 Å². The Balaban J connectivity index is 2.04. The molecule has 3 aromatic rings. The zero-order chi connectivity index (χ0) is 18.5. The zero-order valence-corrected chi connectivity index (χ0v) is 14.1. The van der Waals surface area contributed by atoms with Crippen LogP contribution >= 0.6 is 0 Å².